The van der Waals surface area contributed by atoms with Crippen LogP contribution in [-0.2, 0) is 0 Å². The van der Waals surface area contributed by atoms with E-state index in [0.29, 0.717) is 0 Å². The highest BCUT2D eigenvalue weighted by molar-refractivity contribution is 7.99. The SMILES string of the molecule is CCCCCCCCCCSc1ccsc1. The average Bonchev–Trinajstić information content (AvgIpc) is 2.80. The minimum atomic E-state index is 1.30. The standard InChI is InChI=1S/C14H24S2/c1-2-3-4-5-6-7-8-9-11-16-14-10-12-15-13-14/h10,12-13H,2-9,11H2,1H3. The summed E-state index contributed by atoms with van der Waals surface area (Å²) in [6, 6.07) is 2.22. The molecule has 0 amide bonds. The second-order valence-corrected chi connectivity index (χ2v) is 6.23. The van der Waals surface area contributed by atoms with Gasteiger partial charge >= 0.3 is 0 Å². The minimum absolute atomic E-state index is 1.30. The normalized spacial score (nSPS) is 10.8. The molecule has 2 heteroatoms. The van der Waals surface area contributed by atoms with Crippen LogP contribution < -0.4 is 0 Å². The van der Waals surface area contributed by atoms with Crippen molar-refractivity contribution in [1.29, 1.82) is 0 Å². The molecular weight excluding hydrogens is 232 g/mol. The van der Waals surface area contributed by atoms with Crippen molar-refractivity contribution in [3.8, 4) is 0 Å². The minimum Gasteiger partial charge on any atom is -0.151 e. The Balaban J connectivity index is 1.78. The van der Waals surface area contributed by atoms with Crippen molar-refractivity contribution in [2.45, 2.75) is 63.2 Å². The van der Waals surface area contributed by atoms with Crippen LogP contribution in [0.1, 0.15) is 58.3 Å². The lowest BCUT2D eigenvalue weighted by Gasteiger charge is -2.01. The summed E-state index contributed by atoms with van der Waals surface area (Å²) in [5, 5.41) is 4.41. The molecule has 0 fully saturated rings. The van der Waals surface area contributed by atoms with Crippen LogP contribution in [0.4, 0.5) is 0 Å². The van der Waals surface area contributed by atoms with Gasteiger partial charge in [-0.2, -0.15) is 11.3 Å². The lowest BCUT2D eigenvalue weighted by molar-refractivity contribution is 0.586. The van der Waals surface area contributed by atoms with Crippen molar-refractivity contribution in [1.82, 2.24) is 0 Å². The summed E-state index contributed by atoms with van der Waals surface area (Å²) >= 11 is 3.81. The molecule has 0 atom stereocenters. The maximum Gasteiger partial charge on any atom is 0.0179 e. The van der Waals surface area contributed by atoms with Crippen LogP contribution in [0.5, 0.6) is 0 Å². The maximum atomic E-state index is 2.28. The van der Waals surface area contributed by atoms with Crippen LogP contribution >= 0.6 is 23.1 Å². The Morgan fingerprint density at radius 3 is 2.31 bits per heavy atom. The molecule has 0 spiro atoms. The van der Waals surface area contributed by atoms with Gasteiger partial charge in [-0.25, -0.2) is 0 Å². The van der Waals surface area contributed by atoms with E-state index in [1.807, 2.05) is 11.8 Å². The van der Waals surface area contributed by atoms with E-state index in [1.54, 1.807) is 11.3 Å². The van der Waals surface area contributed by atoms with E-state index >= 15 is 0 Å². The van der Waals surface area contributed by atoms with Crippen LogP contribution in [0.2, 0.25) is 0 Å². The van der Waals surface area contributed by atoms with Crippen LogP contribution in [-0.4, -0.2) is 5.75 Å². The Hall–Kier alpha value is 0.0500. The molecule has 1 heterocycles. The van der Waals surface area contributed by atoms with Gasteiger partial charge in [0.2, 0.25) is 0 Å². The molecule has 0 N–H and O–H groups in total. The van der Waals surface area contributed by atoms with E-state index in [-0.39, 0.29) is 0 Å². The number of unbranched alkanes of at least 4 members (excludes halogenated alkanes) is 7. The van der Waals surface area contributed by atoms with E-state index in [1.165, 1.54) is 62.0 Å². The van der Waals surface area contributed by atoms with Gasteiger partial charge in [-0.3, -0.25) is 0 Å². The Kier molecular flexibility index (Phi) is 9.01. The monoisotopic (exact) mass is 256 g/mol. The second kappa shape index (κ2) is 10.2. The summed E-state index contributed by atoms with van der Waals surface area (Å²) in [5.41, 5.74) is 0. The van der Waals surface area contributed by atoms with Gasteiger partial charge in [0.15, 0.2) is 0 Å². The Labute approximate surface area is 109 Å². The van der Waals surface area contributed by atoms with E-state index in [2.05, 4.69) is 23.8 Å². The fraction of sp³-hybridized carbons (Fsp3) is 0.714. The molecule has 0 aliphatic rings. The fourth-order valence-electron chi connectivity index (χ4n) is 1.76. The highest BCUT2D eigenvalue weighted by atomic mass is 32.2. The summed E-state index contributed by atoms with van der Waals surface area (Å²) in [5.74, 6) is 1.30. The van der Waals surface area contributed by atoms with Gasteiger partial charge in [0.1, 0.15) is 0 Å². The van der Waals surface area contributed by atoms with Gasteiger partial charge in [-0.1, -0.05) is 51.9 Å². The zero-order chi connectivity index (χ0) is 11.5. The summed E-state index contributed by atoms with van der Waals surface area (Å²) in [7, 11) is 0. The van der Waals surface area contributed by atoms with Crippen molar-refractivity contribution in [3.05, 3.63) is 16.8 Å². The summed E-state index contributed by atoms with van der Waals surface area (Å²) in [6.07, 6.45) is 11.4. The molecule has 16 heavy (non-hydrogen) atoms. The quantitative estimate of drug-likeness (QED) is 0.366. The van der Waals surface area contributed by atoms with Gasteiger partial charge in [-0.05, 0) is 23.6 Å². The molecule has 0 bridgehead atoms. The third kappa shape index (κ3) is 7.34. The van der Waals surface area contributed by atoms with Crippen LogP contribution in [0.25, 0.3) is 0 Å². The lowest BCUT2D eigenvalue weighted by Crippen LogP contribution is -1.82. The van der Waals surface area contributed by atoms with Crippen molar-refractivity contribution in [2.75, 3.05) is 5.75 Å². The fourth-order valence-corrected chi connectivity index (χ4v) is 3.55. The summed E-state index contributed by atoms with van der Waals surface area (Å²) in [4.78, 5) is 1.45. The van der Waals surface area contributed by atoms with E-state index in [0.717, 1.165) is 0 Å². The van der Waals surface area contributed by atoms with Crippen molar-refractivity contribution in [2.24, 2.45) is 0 Å². The predicted octanol–water partition coefficient (Wildman–Crippen LogP) is 5.98. The zero-order valence-electron chi connectivity index (χ0n) is 10.4. The number of thiophene rings is 1. The first-order valence-electron chi connectivity index (χ1n) is 6.58. The molecule has 0 nitrogen and oxygen atoms in total. The molecule has 0 saturated carbocycles. The molecule has 1 aromatic heterocycles. The molecule has 1 rings (SSSR count). The van der Waals surface area contributed by atoms with Gasteiger partial charge < -0.3 is 0 Å². The predicted molar refractivity (Wildman–Crippen MR) is 77.7 cm³/mol. The first-order valence-corrected chi connectivity index (χ1v) is 8.51. The van der Waals surface area contributed by atoms with Crippen LogP contribution in [0.15, 0.2) is 21.7 Å². The molecule has 92 valence electrons. The van der Waals surface area contributed by atoms with Crippen LogP contribution in [0, 0.1) is 0 Å². The average molecular weight is 256 g/mol. The highest BCUT2D eigenvalue weighted by Crippen LogP contribution is 2.22. The highest BCUT2D eigenvalue weighted by Gasteiger charge is 1.94. The topological polar surface area (TPSA) is 0 Å². The summed E-state index contributed by atoms with van der Waals surface area (Å²) < 4.78 is 0. The lowest BCUT2D eigenvalue weighted by atomic mass is 10.1. The molecule has 1 aromatic rings. The molecule has 0 radical (unpaired) electrons. The zero-order valence-corrected chi connectivity index (χ0v) is 12.0. The second-order valence-electron chi connectivity index (χ2n) is 4.28. The van der Waals surface area contributed by atoms with E-state index in [4.69, 9.17) is 0 Å². The Morgan fingerprint density at radius 2 is 1.69 bits per heavy atom. The maximum absolute atomic E-state index is 2.28. The van der Waals surface area contributed by atoms with E-state index in [9.17, 15) is 0 Å². The molecule has 0 aromatic carbocycles. The third-order valence-electron chi connectivity index (χ3n) is 2.76. The van der Waals surface area contributed by atoms with Gasteiger partial charge in [0, 0.05) is 10.3 Å². The first-order chi connectivity index (χ1) is 7.93. The largest absolute Gasteiger partial charge is 0.151 e. The molecule has 0 saturated heterocycles. The number of thioether (sulfide) groups is 1. The van der Waals surface area contributed by atoms with Crippen molar-refractivity contribution < 1.29 is 0 Å². The Morgan fingerprint density at radius 1 is 1.00 bits per heavy atom. The van der Waals surface area contributed by atoms with E-state index < -0.39 is 0 Å². The molecule has 0 unspecified atom stereocenters. The van der Waals surface area contributed by atoms with Gasteiger partial charge in [0.05, 0.1) is 0 Å². The first kappa shape index (κ1) is 14.1. The third-order valence-corrected chi connectivity index (χ3v) is 4.67. The molecule has 0 aliphatic carbocycles. The van der Waals surface area contributed by atoms with Crippen LogP contribution in [0.3, 0.4) is 0 Å². The van der Waals surface area contributed by atoms with Crippen molar-refractivity contribution >= 4 is 23.1 Å². The van der Waals surface area contributed by atoms with Crippen molar-refractivity contribution in [3.63, 3.8) is 0 Å². The van der Waals surface area contributed by atoms with Gasteiger partial charge in [0.25, 0.3) is 0 Å². The smallest absolute Gasteiger partial charge is 0.0179 e. The summed E-state index contributed by atoms with van der Waals surface area (Å²) in [6.45, 7) is 2.28. The molecule has 0 aliphatic heterocycles. The number of rotatable bonds is 10. The Bertz CT molecular complexity index is 229. The number of hydrogen-bond acceptors (Lipinski definition) is 2. The van der Waals surface area contributed by atoms with Gasteiger partial charge in [-0.15, -0.1) is 11.8 Å². The number of hydrogen-bond donors (Lipinski definition) is 0. The molecular formula is C14H24S2.